The number of nitrogens with one attached hydrogen (secondary N) is 1. The summed E-state index contributed by atoms with van der Waals surface area (Å²) in [5.74, 6) is 0.770. The summed E-state index contributed by atoms with van der Waals surface area (Å²) in [5.41, 5.74) is 6.53. The Morgan fingerprint density at radius 3 is 1.47 bits per heavy atom. The van der Waals surface area contributed by atoms with E-state index in [4.69, 9.17) is 9.47 Å². The fourth-order valence-corrected chi connectivity index (χ4v) is 19.2. The predicted octanol–water partition coefficient (Wildman–Crippen LogP) is 20.0. The van der Waals surface area contributed by atoms with Gasteiger partial charge in [0.15, 0.2) is 41.0 Å². The van der Waals surface area contributed by atoms with E-state index in [2.05, 4.69) is 65.8 Å². The van der Waals surface area contributed by atoms with E-state index in [1.807, 2.05) is 147 Å². The standard InChI is InChI=1S/C25H26FN3O3S.C23H20F3N3O2S.C23H24N4O2S.C23H23N3O3S/c1-16-13-17(15-33(30,31)18-8-9-20(21(26)14-18)25(2,3)4)29(28-16)22-10-11-23(32-5)24-19(22)7-6-12-27-24;1-15(2)16-6-8-19(9-7-16)32(30,31)14-18-12-22(23(24,25)26)28-29(18)21-5-3-4-17-13-27-11-10-20(17)21;1-16-15-21(26-30(28,29)19-11-9-18(10-12-19)23(2,3)4)27(25-16)22-20-8-6-5-7-17(20)13-14-24-22;1-16(2)29-20-7-9-21(10-8-20)30(27,28)15-19-13-17(3)25-26(19)23-6-4-5-18-14-24-12-11-22(18)23/h6-14H,15H2,1-5H3;3-13,15H,14H2,1-2H3;5-15,26H,1-4H3;4-14,16H,15H2,1-3H3. The molecular formula is C94H93F4N13O10S4. The molecule has 16 rings (SSSR count). The minimum absolute atomic E-state index is 0.0284. The summed E-state index contributed by atoms with van der Waals surface area (Å²) in [6.45, 7) is 25.2. The number of alkyl halides is 3. The molecule has 125 heavy (non-hydrogen) atoms. The number of hydrogen-bond donors (Lipinski definition) is 1. The van der Waals surface area contributed by atoms with Crippen LogP contribution in [0.2, 0.25) is 0 Å². The van der Waals surface area contributed by atoms with Crippen molar-refractivity contribution in [1.82, 2.24) is 59.1 Å². The summed E-state index contributed by atoms with van der Waals surface area (Å²) in [7, 11) is -13.5. The number of rotatable bonds is 20. The molecule has 0 aliphatic carbocycles. The number of sulfone groups is 3. The lowest BCUT2D eigenvalue weighted by Crippen LogP contribution is -2.17. The second-order valence-electron chi connectivity index (χ2n) is 32.6. The third-order valence-electron chi connectivity index (χ3n) is 20.3. The van der Waals surface area contributed by atoms with E-state index in [1.165, 1.54) is 24.4 Å². The summed E-state index contributed by atoms with van der Waals surface area (Å²) in [4.78, 5) is 17.5. The highest BCUT2D eigenvalue weighted by molar-refractivity contribution is 7.92. The first-order chi connectivity index (χ1) is 59.0. The Morgan fingerprint density at radius 1 is 0.440 bits per heavy atom. The number of nitrogens with zero attached hydrogens (tertiary/aromatic N) is 12. The van der Waals surface area contributed by atoms with E-state index < -0.39 is 68.4 Å². The summed E-state index contributed by atoms with van der Waals surface area (Å²) < 4.78 is 180. The molecule has 16 aromatic rings. The summed E-state index contributed by atoms with van der Waals surface area (Å²) in [5, 5.41) is 23.2. The Hall–Kier alpha value is -12.8. The minimum atomic E-state index is -4.71. The van der Waals surface area contributed by atoms with Crippen molar-refractivity contribution < 1.29 is 60.7 Å². The third kappa shape index (κ3) is 20.7. The topological polar surface area (TPSA) is 290 Å². The van der Waals surface area contributed by atoms with Crippen LogP contribution < -0.4 is 14.2 Å². The molecule has 31 heteroatoms. The van der Waals surface area contributed by atoms with Gasteiger partial charge >= 0.3 is 6.18 Å². The Balaban J connectivity index is 0.000000143. The number of hydrogen-bond acceptors (Lipinski definition) is 18. The maximum atomic E-state index is 14.7. The number of pyridine rings is 4. The van der Waals surface area contributed by atoms with E-state index >= 15 is 0 Å². The van der Waals surface area contributed by atoms with Crippen molar-refractivity contribution in [3.05, 3.63) is 318 Å². The van der Waals surface area contributed by atoms with Crippen LogP contribution in [0.4, 0.5) is 23.4 Å². The van der Waals surface area contributed by atoms with Crippen LogP contribution in [-0.2, 0) is 73.8 Å². The van der Waals surface area contributed by atoms with Crippen LogP contribution in [0.1, 0.15) is 132 Å². The fourth-order valence-electron chi connectivity index (χ4n) is 14.2. The van der Waals surface area contributed by atoms with Crippen molar-refractivity contribution in [2.75, 3.05) is 11.8 Å². The lowest BCUT2D eigenvalue weighted by molar-refractivity contribution is -0.141. The van der Waals surface area contributed by atoms with Crippen molar-refractivity contribution in [3.63, 3.8) is 0 Å². The minimum Gasteiger partial charge on any atom is -0.494 e. The molecule has 0 bridgehead atoms. The molecule has 0 aliphatic heterocycles. The highest BCUT2D eigenvalue weighted by Crippen LogP contribution is 2.37. The number of halogens is 4. The molecule has 0 radical (unpaired) electrons. The van der Waals surface area contributed by atoms with Gasteiger partial charge in [0.05, 0.1) is 101 Å². The molecule has 8 heterocycles. The van der Waals surface area contributed by atoms with Gasteiger partial charge in [-0.05, 0) is 207 Å². The molecule has 1 N–H and O–H groups in total. The molecule has 0 unspecified atom stereocenters. The molecule has 23 nitrogen and oxygen atoms in total. The van der Waals surface area contributed by atoms with Gasteiger partial charge in [-0.2, -0.15) is 38.2 Å². The van der Waals surface area contributed by atoms with Gasteiger partial charge < -0.3 is 9.47 Å². The first kappa shape index (κ1) is 89.9. The molecule has 0 aliphatic rings. The molecule has 0 amide bonds. The number of ether oxygens (including phenoxy) is 2. The second kappa shape index (κ2) is 36.2. The Morgan fingerprint density at radius 2 is 0.936 bits per heavy atom. The lowest BCUT2D eigenvalue weighted by Gasteiger charge is -2.20. The van der Waals surface area contributed by atoms with E-state index in [1.54, 1.807) is 162 Å². The zero-order chi connectivity index (χ0) is 89.9. The van der Waals surface area contributed by atoms with Crippen LogP contribution >= 0.6 is 0 Å². The molecule has 0 atom stereocenters. The number of anilines is 1. The van der Waals surface area contributed by atoms with E-state index in [0.29, 0.717) is 79.1 Å². The predicted molar refractivity (Wildman–Crippen MR) is 478 cm³/mol. The largest absolute Gasteiger partial charge is 0.494 e. The summed E-state index contributed by atoms with van der Waals surface area (Å²) in [6, 6.07) is 61.5. The van der Waals surface area contributed by atoms with Gasteiger partial charge in [-0.25, -0.2) is 57.1 Å². The second-order valence-corrected chi connectivity index (χ2v) is 40.2. The normalized spacial score (nSPS) is 12.3. The van der Waals surface area contributed by atoms with Gasteiger partial charge in [-0.15, -0.1) is 0 Å². The van der Waals surface area contributed by atoms with Crippen LogP contribution in [0.5, 0.6) is 11.5 Å². The van der Waals surface area contributed by atoms with Crippen LogP contribution in [0.3, 0.4) is 0 Å². The van der Waals surface area contributed by atoms with Crippen LogP contribution in [0.25, 0.3) is 66.1 Å². The zero-order valence-corrected chi connectivity index (χ0v) is 74.4. The van der Waals surface area contributed by atoms with Gasteiger partial charge in [0.1, 0.15) is 28.7 Å². The molecule has 0 spiro atoms. The van der Waals surface area contributed by atoms with Gasteiger partial charge in [0.2, 0.25) is 0 Å². The molecule has 8 aromatic heterocycles. The smallest absolute Gasteiger partial charge is 0.435 e. The van der Waals surface area contributed by atoms with E-state index in [-0.39, 0.29) is 54.2 Å². The van der Waals surface area contributed by atoms with Gasteiger partial charge in [-0.3, -0.25) is 19.7 Å². The highest BCUT2D eigenvalue weighted by Gasteiger charge is 2.37. The van der Waals surface area contributed by atoms with E-state index in [9.17, 15) is 51.2 Å². The van der Waals surface area contributed by atoms with Crippen molar-refractivity contribution in [2.24, 2.45) is 0 Å². The Labute approximate surface area is 723 Å². The number of aromatic nitrogens is 12. The zero-order valence-electron chi connectivity index (χ0n) is 71.1. The van der Waals surface area contributed by atoms with Crippen LogP contribution in [0, 0.1) is 26.6 Å². The van der Waals surface area contributed by atoms with Crippen LogP contribution in [-0.4, -0.2) is 106 Å². The third-order valence-corrected chi connectivity index (χ3v) is 26.7. The molecule has 646 valence electrons. The molecule has 0 fully saturated rings. The molecular weight excluding hydrogens is 1680 g/mol. The number of methoxy groups -OCH3 is 1. The average molecular weight is 1770 g/mol. The fraction of sp³-hybridized carbons (Fsp3) is 0.234. The maximum absolute atomic E-state index is 14.7. The Kier molecular flexibility index (Phi) is 26.0. The average Bonchev–Trinajstić information content (AvgIpc) is 1.67. The number of sulfonamides is 1. The monoisotopic (exact) mass is 1770 g/mol. The van der Waals surface area contributed by atoms with Crippen molar-refractivity contribution in [2.45, 2.75) is 156 Å². The van der Waals surface area contributed by atoms with Gasteiger partial charge in [0, 0.05) is 75.6 Å². The molecule has 0 saturated carbocycles. The molecule has 8 aromatic carbocycles. The maximum Gasteiger partial charge on any atom is 0.435 e. The van der Waals surface area contributed by atoms with Crippen molar-refractivity contribution in [1.29, 1.82) is 0 Å². The quantitative estimate of drug-likeness (QED) is 0.0694. The first-order valence-corrected chi connectivity index (χ1v) is 46.2. The van der Waals surface area contributed by atoms with Crippen molar-refractivity contribution >= 4 is 88.6 Å². The first-order valence-electron chi connectivity index (χ1n) is 39.8. The van der Waals surface area contributed by atoms with Crippen LogP contribution in [0.15, 0.2) is 275 Å². The summed E-state index contributed by atoms with van der Waals surface area (Å²) >= 11 is 0. The van der Waals surface area contributed by atoms with E-state index in [0.717, 1.165) is 66.3 Å². The van der Waals surface area contributed by atoms with Crippen molar-refractivity contribution in [3.8, 4) is 34.4 Å². The SMILES string of the molecule is CC(C)c1ccc(S(=O)(=O)Cc2cc(C(F)(F)F)nn2-c2cccc3cnccc23)cc1.COc1ccc(-n2nc(C)cc2CS(=O)(=O)c2ccc(C(C)(C)C)c(F)c2)c2cccnc12.Cc1cc(CS(=O)(=O)c2ccc(OC(C)C)cc2)n(-c2cccc3cnccc23)n1.Cc1cc(NS(=O)(=O)c2ccc(C(C)(C)C)cc2)n(-c2nccc3ccccc23)n1. The van der Waals surface area contributed by atoms with Gasteiger partial charge in [-0.1, -0.05) is 134 Å². The molecule has 0 saturated heterocycles. The number of fused-ring (bicyclic) bond motifs is 4. The number of aryl methyl sites for hydroxylation is 3. The Bertz CT molecular complexity index is 7130. The highest BCUT2D eigenvalue weighted by atomic mass is 32.2. The lowest BCUT2D eigenvalue weighted by atomic mass is 9.87. The summed E-state index contributed by atoms with van der Waals surface area (Å²) in [6.07, 6.45) is 5.29. The van der Waals surface area contributed by atoms with Gasteiger partial charge in [0.25, 0.3) is 10.0 Å². The number of benzene rings is 8.